The van der Waals surface area contributed by atoms with Crippen molar-refractivity contribution in [1.29, 1.82) is 0 Å². The van der Waals surface area contributed by atoms with Crippen LogP contribution in [0.2, 0.25) is 0 Å². The molecule has 0 spiro atoms. The van der Waals surface area contributed by atoms with Crippen molar-refractivity contribution in [3.63, 3.8) is 0 Å². The molecule has 1 unspecified atom stereocenters. The number of nitrogens with zero attached hydrogens (tertiary/aromatic N) is 2. The second kappa shape index (κ2) is 4.40. The third-order valence-corrected chi connectivity index (χ3v) is 3.79. The van der Waals surface area contributed by atoms with Crippen molar-refractivity contribution < 1.29 is 0 Å². The first-order valence-electron chi connectivity index (χ1n) is 5.99. The minimum atomic E-state index is -0.0357. The fourth-order valence-corrected chi connectivity index (χ4v) is 2.10. The molecule has 0 saturated carbocycles. The highest BCUT2D eigenvalue weighted by Crippen LogP contribution is 2.20. The lowest BCUT2D eigenvalue weighted by atomic mass is 9.95. The van der Waals surface area contributed by atoms with Gasteiger partial charge in [0.25, 0.3) is 0 Å². The van der Waals surface area contributed by atoms with Crippen LogP contribution >= 0.6 is 0 Å². The molecule has 90 valence electrons. The molecule has 1 atom stereocenters. The van der Waals surface area contributed by atoms with Crippen molar-refractivity contribution in [2.75, 3.05) is 33.2 Å². The maximum absolute atomic E-state index is 6.21. The first kappa shape index (κ1) is 12.9. The second-order valence-corrected chi connectivity index (χ2v) is 5.95. The van der Waals surface area contributed by atoms with Crippen LogP contribution < -0.4 is 5.73 Å². The summed E-state index contributed by atoms with van der Waals surface area (Å²) >= 11 is 0. The molecule has 1 rings (SSSR count). The Kier molecular flexibility index (Phi) is 3.80. The van der Waals surface area contributed by atoms with Gasteiger partial charge in [-0.1, -0.05) is 6.92 Å². The highest BCUT2D eigenvalue weighted by Gasteiger charge is 2.33. The summed E-state index contributed by atoms with van der Waals surface area (Å²) in [4.78, 5) is 4.94. The number of piperazine rings is 1. The molecule has 0 aromatic rings. The van der Waals surface area contributed by atoms with Crippen molar-refractivity contribution in [1.82, 2.24) is 9.80 Å². The molecular formula is C12H27N3. The molecule has 0 aromatic carbocycles. The second-order valence-electron chi connectivity index (χ2n) is 5.95. The van der Waals surface area contributed by atoms with Crippen LogP contribution in [0.15, 0.2) is 0 Å². The van der Waals surface area contributed by atoms with Gasteiger partial charge in [0.15, 0.2) is 0 Å². The lowest BCUT2D eigenvalue weighted by Gasteiger charge is -2.47. The van der Waals surface area contributed by atoms with Crippen molar-refractivity contribution in [3.8, 4) is 0 Å². The SMILES string of the molecule is CCC(C)(N)CN1CCN(C)C(C)(C)C1. The summed E-state index contributed by atoms with van der Waals surface area (Å²) in [6.45, 7) is 13.4. The lowest BCUT2D eigenvalue weighted by Crippen LogP contribution is -2.60. The normalized spacial score (nSPS) is 27.6. The van der Waals surface area contributed by atoms with E-state index in [1.807, 2.05) is 0 Å². The number of likely N-dealkylation sites (N-methyl/N-ethyl adjacent to an activating group) is 1. The van der Waals surface area contributed by atoms with E-state index >= 15 is 0 Å². The average Bonchev–Trinajstić information content (AvgIpc) is 2.10. The van der Waals surface area contributed by atoms with Crippen LogP contribution in [0.25, 0.3) is 0 Å². The van der Waals surface area contributed by atoms with Gasteiger partial charge in [0, 0.05) is 37.3 Å². The monoisotopic (exact) mass is 213 g/mol. The minimum Gasteiger partial charge on any atom is -0.324 e. The molecule has 1 aliphatic heterocycles. The molecule has 0 bridgehead atoms. The highest BCUT2D eigenvalue weighted by molar-refractivity contribution is 4.91. The Balaban J connectivity index is 2.53. The Morgan fingerprint density at radius 2 is 1.93 bits per heavy atom. The quantitative estimate of drug-likeness (QED) is 0.763. The predicted molar refractivity (Wildman–Crippen MR) is 66.0 cm³/mol. The summed E-state index contributed by atoms with van der Waals surface area (Å²) in [5.74, 6) is 0. The van der Waals surface area contributed by atoms with E-state index in [-0.39, 0.29) is 11.1 Å². The van der Waals surface area contributed by atoms with Gasteiger partial charge < -0.3 is 5.73 Å². The first-order valence-corrected chi connectivity index (χ1v) is 5.99. The van der Waals surface area contributed by atoms with Gasteiger partial charge in [0.1, 0.15) is 0 Å². The molecule has 1 heterocycles. The van der Waals surface area contributed by atoms with E-state index in [1.54, 1.807) is 0 Å². The van der Waals surface area contributed by atoms with Crippen LogP contribution in [-0.4, -0.2) is 54.1 Å². The Bertz CT molecular complexity index is 209. The third kappa shape index (κ3) is 3.44. The zero-order valence-corrected chi connectivity index (χ0v) is 11.0. The third-order valence-electron chi connectivity index (χ3n) is 3.79. The molecule has 1 fully saturated rings. The van der Waals surface area contributed by atoms with Crippen LogP contribution in [0.1, 0.15) is 34.1 Å². The van der Waals surface area contributed by atoms with E-state index in [0.29, 0.717) is 0 Å². The fraction of sp³-hybridized carbons (Fsp3) is 1.00. The Morgan fingerprint density at radius 1 is 1.33 bits per heavy atom. The van der Waals surface area contributed by atoms with E-state index in [0.717, 1.165) is 32.6 Å². The molecular weight excluding hydrogens is 186 g/mol. The number of hydrogen-bond acceptors (Lipinski definition) is 3. The zero-order chi connectivity index (χ0) is 11.7. The number of rotatable bonds is 3. The summed E-state index contributed by atoms with van der Waals surface area (Å²) in [6, 6.07) is 0. The van der Waals surface area contributed by atoms with Crippen LogP contribution in [0.4, 0.5) is 0 Å². The molecule has 3 nitrogen and oxygen atoms in total. The maximum atomic E-state index is 6.21. The van der Waals surface area contributed by atoms with Crippen molar-refractivity contribution in [3.05, 3.63) is 0 Å². The zero-order valence-electron chi connectivity index (χ0n) is 11.0. The molecule has 3 heteroatoms. The number of hydrogen-bond donors (Lipinski definition) is 1. The first-order chi connectivity index (χ1) is 6.77. The van der Waals surface area contributed by atoms with Gasteiger partial charge >= 0.3 is 0 Å². The summed E-state index contributed by atoms with van der Waals surface area (Å²) < 4.78 is 0. The molecule has 1 aliphatic rings. The van der Waals surface area contributed by atoms with Crippen molar-refractivity contribution >= 4 is 0 Å². The summed E-state index contributed by atoms with van der Waals surface area (Å²) in [5, 5.41) is 0. The summed E-state index contributed by atoms with van der Waals surface area (Å²) in [6.07, 6.45) is 1.04. The lowest BCUT2D eigenvalue weighted by molar-refractivity contribution is 0.0298. The molecule has 2 N–H and O–H groups in total. The number of nitrogens with two attached hydrogens (primary N) is 1. The molecule has 0 amide bonds. The molecule has 15 heavy (non-hydrogen) atoms. The van der Waals surface area contributed by atoms with Gasteiger partial charge in [-0.25, -0.2) is 0 Å². The van der Waals surface area contributed by atoms with Crippen LogP contribution in [0, 0.1) is 0 Å². The average molecular weight is 213 g/mol. The van der Waals surface area contributed by atoms with Crippen LogP contribution in [0.5, 0.6) is 0 Å². The highest BCUT2D eigenvalue weighted by atomic mass is 15.3. The van der Waals surface area contributed by atoms with Crippen LogP contribution in [0.3, 0.4) is 0 Å². The van der Waals surface area contributed by atoms with Crippen molar-refractivity contribution in [2.45, 2.75) is 45.2 Å². The molecule has 0 radical (unpaired) electrons. The van der Waals surface area contributed by atoms with Gasteiger partial charge in [-0.05, 0) is 34.2 Å². The van der Waals surface area contributed by atoms with E-state index < -0.39 is 0 Å². The van der Waals surface area contributed by atoms with E-state index in [4.69, 9.17) is 5.73 Å². The van der Waals surface area contributed by atoms with Crippen LogP contribution in [-0.2, 0) is 0 Å². The van der Waals surface area contributed by atoms with Crippen molar-refractivity contribution in [2.24, 2.45) is 5.73 Å². The van der Waals surface area contributed by atoms with Gasteiger partial charge in [0.2, 0.25) is 0 Å². The predicted octanol–water partition coefficient (Wildman–Crippen LogP) is 1.14. The van der Waals surface area contributed by atoms with Gasteiger partial charge in [-0.2, -0.15) is 0 Å². The van der Waals surface area contributed by atoms with Gasteiger partial charge in [0.05, 0.1) is 0 Å². The van der Waals surface area contributed by atoms with E-state index in [2.05, 4.69) is 44.5 Å². The Morgan fingerprint density at radius 3 is 2.40 bits per heavy atom. The summed E-state index contributed by atoms with van der Waals surface area (Å²) in [5.41, 5.74) is 6.46. The Hall–Kier alpha value is -0.120. The van der Waals surface area contributed by atoms with E-state index in [9.17, 15) is 0 Å². The largest absolute Gasteiger partial charge is 0.324 e. The minimum absolute atomic E-state index is 0.0357. The Labute approximate surface area is 94.6 Å². The molecule has 0 aromatic heterocycles. The van der Waals surface area contributed by atoms with E-state index in [1.165, 1.54) is 0 Å². The van der Waals surface area contributed by atoms with Gasteiger partial charge in [-0.3, -0.25) is 9.80 Å². The fourth-order valence-electron chi connectivity index (χ4n) is 2.10. The topological polar surface area (TPSA) is 32.5 Å². The smallest absolute Gasteiger partial charge is 0.0277 e. The molecule has 0 aliphatic carbocycles. The maximum Gasteiger partial charge on any atom is 0.0277 e. The summed E-state index contributed by atoms with van der Waals surface area (Å²) in [7, 11) is 2.21. The van der Waals surface area contributed by atoms with Gasteiger partial charge in [-0.15, -0.1) is 0 Å². The molecule has 1 saturated heterocycles. The standard InChI is InChI=1S/C12H27N3/c1-6-12(4,13)10-15-8-7-14(5)11(2,3)9-15/h6-10,13H2,1-5H3.